The van der Waals surface area contributed by atoms with Gasteiger partial charge in [-0.2, -0.15) is 0 Å². The average Bonchev–Trinajstić information content (AvgIpc) is 2.54. The highest BCUT2D eigenvalue weighted by Crippen LogP contribution is 2.27. The lowest BCUT2D eigenvalue weighted by Gasteiger charge is -2.15. The summed E-state index contributed by atoms with van der Waals surface area (Å²) in [5.74, 6) is 0.248. The van der Waals surface area contributed by atoms with Gasteiger partial charge in [0.1, 0.15) is 5.78 Å². The summed E-state index contributed by atoms with van der Waals surface area (Å²) >= 11 is 0. The van der Waals surface area contributed by atoms with Gasteiger partial charge in [0.25, 0.3) is 0 Å². The first-order valence-electron chi connectivity index (χ1n) is 7.79. The number of benzene rings is 2. The second-order valence-electron chi connectivity index (χ2n) is 5.24. The van der Waals surface area contributed by atoms with Gasteiger partial charge >= 0.3 is 0 Å². The molecule has 2 heteroatoms. The maximum Gasteiger partial charge on any atom is 0.141 e. The lowest BCUT2D eigenvalue weighted by Crippen LogP contribution is -2.22. The van der Waals surface area contributed by atoms with Crippen molar-refractivity contribution in [3.63, 3.8) is 0 Å². The number of Topliss-reactive ketones (excluding diaryl/α,β-unsaturated/α-hetero) is 1. The van der Waals surface area contributed by atoms with Gasteiger partial charge in [0.2, 0.25) is 0 Å². The second-order valence-corrected chi connectivity index (χ2v) is 5.24. The van der Waals surface area contributed by atoms with Crippen LogP contribution in [0.15, 0.2) is 47.5 Å². The fourth-order valence-electron chi connectivity index (χ4n) is 2.76. The van der Waals surface area contributed by atoms with Gasteiger partial charge in [0, 0.05) is 17.5 Å². The molecule has 0 saturated carbocycles. The minimum absolute atomic E-state index is 0.0426. The molecule has 1 unspecified atom stereocenters. The smallest absolute Gasteiger partial charge is 0.141 e. The molecule has 0 aliphatic heterocycles. The van der Waals surface area contributed by atoms with Crippen LogP contribution in [-0.2, 0) is 4.79 Å². The van der Waals surface area contributed by atoms with E-state index in [-0.39, 0.29) is 5.92 Å². The second kappa shape index (κ2) is 7.16. The number of ketones is 1. The van der Waals surface area contributed by atoms with Crippen molar-refractivity contribution in [3.05, 3.63) is 42.5 Å². The van der Waals surface area contributed by atoms with Crippen LogP contribution in [-0.4, -0.2) is 11.5 Å². The number of hydrogen-bond acceptors (Lipinski definition) is 2. The first-order valence-corrected chi connectivity index (χ1v) is 7.79. The molecule has 21 heavy (non-hydrogen) atoms. The monoisotopic (exact) mass is 281 g/mol. The van der Waals surface area contributed by atoms with Crippen LogP contribution in [0, 0.1) is 5.92 Å². The molecule has 0 spiro atoms. The van der Waals surface area contributed by atoms with Gasteiger partial charge in [0.05, 0.1) is 11.6 Å². The van der Waals surface area contributed by atoms with Crippen LogP contribution in [0.4, 0.5) is 5.69 Å². The summed E-state index contributed by atoms with van der Waals surface area (Å²) in [7, 11) is 0. The van der Waals surface area contributed by atoms with E-state index in [4.69, 9.17) is 4.99 Å². The summed E-state index contributed by atoms with van der Waals surface area (Å²) in [6.07, 6.45) is 2.21. The Morgan fingerprint density at radius 3 is 2.38 bits per heavy atom. The number of carbonyl (C=O) groups is 1. The summed E-state index contributed by atoms with van der Waals surface area (Å²) in [5.41, 5.74) is 1.97. The van der Waals surface area contributed by atoms with Crippen LogP contribution in [0.1, 0.15) is 40.0 Å². The van der Waals surface area contributed by atoms with Crippen molar-refractivity contribution in [1.29, 1.82) is 0 Å². The average molecular weight is 281 g/mol. The van der Waals surface area contributed by atoms with Crippen molar-refractivity contribution >= 4 is 28.0 Å². The molecule has 0 heterocycles. The van der Waals surface area contributed by atoms with E-state index in [1.54, 1.807) is 0 Å². The summed E-state index contributed by atoms with van der Waals surface area (Å²) in [6, 6.07) is 14.4. The topological polar surface area (TPSA) is 29.4 Å². The maximum absolute atomic E-state index is 12.1. The molecule has 0 aliphatic carbocycles. The molecule has 110 valence electrons. The van der Waals surface area contributed by atoms with Crippen LogP contribution in [0.3, 0.4) is 0 Å². The van der Waals surface area contributed by atoms with Crippen molar-refractivity contribution in [2.75, 3.05) is 0 Å². The van der Waals surface area contributed by atoms with Gasteiger partial charge in [-0.25, -0.2) is 0 Å². The first kappa shape index (κ1) is 15.4. The van der Waals surface area contributed by atoms with Crippen molar-refractivity contribution in [2.45, 2.75) is 40.0 Å². The molecule has 0 saturated heterocycles. The van der Waals surface area contributed by atoms with Crippen LogP contribution >= 0.6 is 0 Å². The molecular formula is C19H23NO. The zero-order valence-electron chi connectivity index (χ0n) is 13.1. The van der Waals surface area contributed by atoms with E-state index in [1.165, 1.54) is 5.39 Å². The van der Waals surface area contributed by atoms with Gasteiger partial charge in [-0.3, -0.25) is 9.79 Å². The number of nitrogens with zero attached hydrogens (tertiary/aromatic N) is 1. The molecule has 0 aromatic heterocycles. The third-order valence-corrected chi connectivity index (χ3v) is 3.94. The number of hydrogen-bond donors (Lipinski definition) is 0. The van der Waals surface area contributed by atoms with Crippen LogP contribution in [0.25, 0.3) is 10.8 Å². The number of aliphatic imine (C=N–C) groups is 1. The Hall–Kier alpha value is -1.96. The highest BCUT2D eigenvalue weighted by molar-refractivity contribution is 6.07. The van der Waals surface area contributed by atoms with E-state index in [2.05, 4.69) is 32.0 Å². The van der Waals surface area contributed by atoms with E-state index in [0.29, 0.717) is 12.2 Å². The lowest BCUT2D eigenvalue weighted by molar-refractivity contribution is -0.120. The van der Waals surface area contributed by atoms with E-state index in [1.807, 2.05) is 31.2 Å². The normalized spacial score (nSPS) is 13.4. The minimum Gasteiger partial charge on any atom is -0.299 e. The number of fused-ring (bicyclic) bond motifs is 1. The predicted octanol–water partition coefficient (Wildman–Crippen LogP) is 5.33. The Kier molecular flexibility index (Phi) is 5.26. The van der Waals surface area contributed by atoms with Crippen LogP contribution in [0.2, 0.25) is 0 Å². The molecule has 0 bridgehead atoms. The van der Waals surface area contributed by atoms with Gasteiger partial charge in [-0.15, -0.1) is 0 Å². The van der Waals surface area contributed by atoms with E-state index >= 15 is 0 Å². The molecule has 2 rings (SSSR count). The Labute approximate surface area is 126 Å². The summed E-state index contributed by atoms with van der Waals surface area (Å²) in [5, 5.41) is 2.33. The molecule has 0 radical (unpaired) electrons. The first-order chi connectivity index (χ1) is 10.2. The summed E-state index contributed by atoms with van der Waals surface area (Å²) in [6.45, 7) is 6.07. The third kappa shape index (κ3) is 3.38. The van der Waals surface area contributed by atoms with Gasteiger partial charge in [-0.05, 0) is 24.3 Å². The largest absolute Gasteiger partial charge is 0.299 e. The maximum atomic E-state index is 12.1. The molecule has 2 aromatic carbocycles. The Morgan fingerprint density at radius 2 is 1.71 bits per heavy atom. The number of carbonyl (C=O) groups excluding carboxylic acids is 1. The van der Waals surface area contributed by atoms with E-state index < -0.39 is 0 Å². The van der Waals surface area contributed by atoms with E-state index in [0.717, 1.165) is 29.6 Å². The molecule has 2 nitrogen and oxygen atoms in total. The quantitative estimate of drug-likeness (QED) is 0.658. The van der Waals surface area contributed by atoms with Gasteiger partial charge in [0.15, 0.2) is 0 Å². The predicted molar refractivity (Wildman–Crippen MR) is 90.4 cm³/mol. The zero-order valence-corrected chi connectivity index (χ0v) is 13.1. The summed E-state index contributed by atoms with van der Waals surface area (Å²) in [4.78, 5) is 17.0. The van der Waals surface area contributed by atoms with Crippen LogP contribution in [0.5, 0.6) is 0 Å². The molecular weight excluding hydrogens is 258 g/mol. The lowest BCUT2D eigenvalue weighted by atomic mass is 9.92. The molecule has 1 atom stereocenters. The Morgan fingerprint density at radius 1 is 1.00 bits per heavy atom. The van der Waals surface area contributed by atoms with Crippen molar-refractivity contribution in [3.8, 4) is 0 Å². The van der Waals surface area contributed by atoms with Crippen molar-refractivity contribution in [1.82, 2.24) is 0 Å². The van der Waals surface area contributed by atoms with E-state index in [9.17, 15) is 4.79 Å². The van der Waals surface area contributed by atoms with Crippen molar-refractivity contribution in [2.24, 2.45) is 10.9 Å². The van der Waals surface area contributed by atoms with Gasteiger partial charge in [-0.1, -0.05) is 57.2 Å². The molecule has 0 aliphatic rings. The fraction of sp³-hybridized carbons (Fsp3) is 0.368. The highest BCUT2D eigenvalue weighted by Gasteiger charge is 2.19. The minimum atomic E-state index is -0.0426. The number of rotatable bonds is 6. The van der Waals surface area contributed by atoms with Crippen LogP contribution < -0.4 is 0 Å². The van der Waals surface area contributed by atoms with Crippen molar-refractivity contribution < 1.29 is 4.79 Å². The van der Waals surface area contributed by atoms with Gasteiger partial charge < -0.3 is 0 Å². The molecule has 0 amide bonds. The fourth-order valence-corrected chi connectivity index (χ4v) is 2.76. The summed E-state index contributed by atoms with van der Waals surface area (Å²) < 4.78 is 0. The Bertz CT molecular complexity index is 652. The Balaban J connectivity index is 2.49. The highest BCUT2D eigenvalue weighted by atomic mass is 16.1. The molecule has 2 aromatic rings. The molecule has 0 N–H and O–H groups in total. The molecule has 0 fully saturated rings. The third-order valence-electron chi connectivity index (χ3n) is 3.94. The SMILES string of the molecule is CCC(=O)C(CC)/C(CC)=N\c1cccc2ccccc12. The standard InChI is InChI=1S/C19H23NO/c1-4-15(19(21)6-3)17(5-2)20-18-13-9-11-14-10-7-8-12-16(14)18/h7-13,15H,4-6H2,1-3H3/b20-17-. The zero-order chi connectivity index (χ0) is 15.2.